The largest absolute Gasteiger partial charge is 0.478 e. The lowest BCUT2D eigenvalue weighted by molar-refractivity contribution is 0.0697. The standard InChI is InChI=1S/C14H20BrNO2/c1-9(2)7-8-10(3)16-12-6-4-5-11(15)13(12)14(17)18/h4-6,9-10,16H,7-8H2,1-3H3,(H,17,18). The van der Waals surface area contributed by atoms with Crippen LogP contribution in [0.4, 0.5) is 5.69 Å². The fraction of sp³-hybridized carbons (Fsp3) is 0.500. The van der Waals surface area contributed by atoms with Crippen LogP contribution in [0.1, 0.15) is 44.0 Å². The summed E-state index contributed by atoms with van der Waals surface area (Å²) in [6, 6.07) is 5.65. The van der Waals surface area contributed by atoms with Gasteiger partial charge in [0.1, 0.15) is 0 Å². The Balaban J connectivity index is 2.78. The molecule has 1 aromatic carbocycles. The lowest BCUT2D eigenvalue weighted by atomic mass is 10.0. The lowest BCUT2D eigenvalue weighted by Gasteiger charge is -2.18. The zero-order chi connectivity index (χ0) is 13.7. The Morgan fingerprint density at radius 2 is 2.00 bits per heavy atom. The first-order valence-corrected chi connectivity index (χ1v) is 6.99. The molecule has 0 heterocycles. The molecule has 0 saturated carbocycles. The molecular formula is C14H20BrNO2. The normalized spacial score (nSPS) is 12.5. The van der Waals surface area contributed by atoms with Gasteiger partial charge in [-0.3, -0.25) is 0 Å². The molecule has 100 valence electrons. The smallest absolute Gasteiger partial charge is 0.338 e. The summed E-state index contributed by atoms with van der Waals surface area (Å²) in [4.78, 5) is 11.2. The molecule has 4 heteroatoms. The fourth-order valence-corrected chi connectivity index (χ4v) is 2.32. The van der Waals surface area contributed by atoms with Crippen LogP contribution in [0.25, 0.3) is 0 Å². The molecule has 0 aliphatic heterocycles. The molecule has 0 aliphatic carbocycles. The second kappa shape index (κ2) is 6.78. The molecule has 0 saturated heterocycles. The summed E-state index contributed by atoms with van der Waals surface area (Å²) < 4.78 is 0.607. The molecule has 1 aromatic rings. The van der Waals surface area contributed by atoms with Crippen LogP contribution in [0.3, 0.4) is 0 Å². The van der Waals surface area contributed by atoms with E-state index in [1.165, 1.54) is 0 Å². The number of aromatic carboxylic acids is 1. The average molecular weight is 314 g/mol. The average Bonchev–Trinajstić information content (AvgIpc) is 2.26. The molecule has 0 spiro atoms. The molecule has 0 fully saturated rings. The van der Waals surface area contributed by atoms with Gasteiger partial charge in [-0.1, -0.05) is 19.9 Å². The monoisotopic (exact) mass is 313 g/mol. The van der Waals surface area contributed by atoms with Crippen molar-refractivity contribution in [2.75, 3.05) is 5.32 Å². The van der Waals surface area contributed by atoms with E-state index in [1.54, 1.807) is 12.1 Å². The summed E-state index contributed by atoms with van der Waals surface area (Å²) in [6.45, 7) is 6.46. The van der Waals surface area contributed by atoms with Crippen LogP contribution in [0, 0.1) is 5.92 Å². The van der Waals surface area contributed by atoms with Gasteiger partial charge < -0.3 is 10.4 Å². The summed E-state index contributed by atoms with van der Waals surface area (Å²) in [6.07, 6.45) is 2.16. The first kappa shape index (κ1) is 15.0. The maximum atomic E-state index is 11.2. The quantitative estimate of drug-likeness (QED) is 0.819. The topological polar surface area (TPSA) is 49.3 Å². The predicted molar refractivity (Wildman–Crippen MR) is 78.3 cm³/mol. The van der Waals surface area contributed by atoms with Crippen LogP contribution in [-0.2, 0) is 0 Å². The molecule has 3 nitrogen and oxygen atoms in total. The minimum atomic E-state index is -0.916. The Labute approximate surface area is 117 Å². The van der Waals surface area contributed by atoms with Crippen LogP contribution in [0.5, 0.6) is 0 Å². The number of rotatable bonds is 6. The van der Waals surface area contributed by atoms with Gasteiger partial charge in [-0.25, -0.2) is 4.79 Å². The number of halogens is 1. The van der Waals surface area contributed by atoms with Gasteiger partial charge in [0, 0.05) is 10.5 Å². The molecule has 1 atom stereocenters. The molecule has 0 aromatic heterocycles. The van der Waals surface area contributed by atoms with Crippen LogP contribution in [-0.4, -0.2) is 17.1 Å². The van der Waals surface area contributed by atoms with Crippen molar-refractivity contribution in [1.29, 1.82) is 0 Å². The second-order valence-electron chi connectivity index (χ2n) is 4.98. The highest BCUT2D eigenvalue weighted by atomic mass is 79.9. The number of benzene rings is 1. The van der Waals surface area contributed by atoms with Gasteiger partial charge in [0.15, 0.2) is 0 Å². The van der Waals surface area contributed by atoms with E-state index in [9.17, 15) is 9.90 Å². The Kier molecular flexibility index (Phi) is 5.66. The molecule has 0 radical (unpaired) electrons. The summed E-state index contributed by atoms with van der Waals surface area (Å²) in [5, 5.41) is 12.5. The minimum Gasteiger partial charge on any atom is -0.478 e. The summed E-state index contributed by atoms with van der Waals surface area (Å²) in [7, 11) is 0. The number of carboxylic acids is 1. The third kappa shape index (κ3) is 4.33. The highest BCUT2D eigenvalue weighted by Gasteiger charge is 2.15. The Bertz CT molecular complexity index is 418. The first-order valence-electron chi connectivity index (χ1n) is 6.20. The van der Waals surface area contributed by atoms with Crippen molar-refractivity contribution in [1.82, 2.24) is 0 Å². The van der Waals surface area contributed by atoms with E-state index in [0.29, 0.717) is 21.6 Å². The van der Waals surface area contributed by atoms with Crippen molar-refractivity contribution in [3.05, 3.63) is 28.2 Å². The minimum absolute atomic E-state index is 0.264. The summed E-state index contributed by atoms with van der Waals surface area (Å²) >= 11 is 3.28. The van der Waals surface area contributed by atoms with Gasteiger partial charge in [0.25, 0.3) is 0 Å². The highest BCUT2D eigenvalue weighted by Crippen LogP contribution is 2.26. The molecule has 0 amide bonds. The van der Waals surface area contributed by atoms with Crippen molar-refractivity contribution in [2.45, 2.75) is 39.7 Å². The van der Waals surface area contributed by atoms with Gasteiger partial charge >= 0.3 is 5.97 Å². The maximum absolute atomic E-state index is 11.2. The molecule has 1 rings (SSSR count). The molecule has 1 unspecified atom stereocenters. The van der Waals surface area contributed by atoms with Gasteiger partial charge in [-0.05, 0) is 53.7 Å². The van der Waals surface area contributed by atoms with Crippen LogP contribution < -0.4 is 5.32 Å². The number of anilines is 1. The molecule has 18 heavy (non-hydrogen) atoms. The second-order valence-corrected chi connectivity index (χ2v) is 5.84. The first-order chi connectivity index (χ1) is 8.41. The van der Waals surface area contributed by atoms with Crippen molar-refractivity contribution < 1.29 is 9.90 Å². The van der Waals surface area contributed by atoms with Gasteiger partial charge in [0.05, 0.1) is 11.3 Å². The van der Waals surface area contributed by atoms with Crippen molar-refractivity contribution in [3.63, 3.8) is 0 Å². The van der Waals surface area contributed by atoms with E-state index in [0.717, 1.165) is 12.8 Å². The van der Waals surface area contributed by atoms with E-state index >= 15 is 0 Å². The van der Waals surface area contributed by atoms with E-state index in [4.69, 9.17) is 0 Å². The van der Waals surface area contributed by atoms with Gasteiger partial charge in [-0.2, -0.15) is 0 Å². The molecule has 0 aliphatic rings. The third-order valence-corrected chi connectivity index (χ3v) is 3.47. The van der Waals surface area contributed by atoms with E-state index < -0.39 is 5.97 Å². The van der Waals surface area contributed by atoms with Crippen LogP contribution >= 0.6 is 15.9 Å². The Hall–Kier alpha value is -1.03. The summed E-state index contributed by atoms with van der Waals surface area (Å²) in [5.74, 6) is -0.253. The van der Waals surface area contributed by atoms with Crippen LogP contribution in [0.2, 0.25) is 0 Å². The van der Waals surface area contributed by atoms with Crippen molar-refractivity contribution >= 4 is 27.6 Å². The highest BCUT2D eigenvalue weighted by molar-refractivity contribution is 9.10. The summed E-state index contributed by atoms with van der Waals surface area (Å²) in [5.41, 5.74) is 0.974. The molecular weight excluding hydrogens is 294 g/mol. The van der Waals surface area contributed by atoms with Crippen LogP contribution in [0.15, 0.2) is 22.7 Å². The maximum Gasteiger partial charge on any atom is 0.338 e. The van der Waals surface area contributed by atoms with E-state index in [2.05, 4.69) is 42.0 Å². The Morgan fingerprint density at radius 3 is 2.56 bits per heavy atom. The zero-order valence-electron chi connectivity index (χ0n) is 11.0. The SMILES string of the molecule is CC(C)CCC(C)Nc1cccc(Br)c1C(=O)O. The lowest BCUT2D eigenvalue weighted by Crippen LogP contribution is -2.18. The number of hydrogen-bond donors (Lipinski definition) is 2. The Morgan fingerprint density at radius 1 is 1.33 bits per heavy atom. The number of carbonyl (C=O) groups is 1. The van der Waals surface area contributed by atoms with Crippen molar-refractivity contribution in [3.8, 4) is 0 Å². The zero-order valence-corrected chi connectivity index (χ0v) is 12.6. The van der Waals surface area contributed by atoms with Crippen molar-refractivity contribution in [2.24, 2.45) is 5.92 Å². The fourth-order valence-electron chi connectivity index (χ4n) is 1.78. The van der Waals surface area contributed by atoms with Gasteiger partial charge in [0.2, 0.25) is 0 Å². The van der Waals surface area contributed by atoms with E-state index in [-0.39, 0.29) is 6.04 Å². The van der Waals surface area contributed by atoms with E-state index in [1.807, 2.05) is 6.07 Å². The molecule has 2 N–H and O–H groups in total. The van der Waals surface area contributed by atoms with Gasteiger partial charge in [-0.15, -0.1) is 0 Å². The number of nitrogens with one attached hydrogen (secondary N) is 1. The molecule has 0 bridgehead atoms. The third-order valence-electron chi connectivity index (χ3n) is 2.81. The number of hydrogen-bond acceptors (Lipinski definition) is 2. The predicted octanol–water partition coefficient (Wildman–Crippen LogP) is 4.38. The number of carboxylic acid groups (broad SMARTS) is 1.